The first kappa shape index (κ1) is 18.1. The van der Waals surface area contributed by atoms with Crippen molar-refractivity contribution >= 4 is 11.9 Å². The molecule has 0 unspecified atom stereocenters. The van der Waals surface area contributed by atoms with E-state index in [-0.39, 0.29) is 24.1 Å². The molecule has 0 aromatic heterocycles. The molecule has 1 fully saturated rings. The summed E-state index contributed by atoms with van der Waals surface area (Å²) in [7, 11) is 0. The Bertz CT molecular complexity index is 586. The number of carbonyl (C=O) groups is 2. The van der Waals surface area contributed by atoms with Gasteiger partial charge in [-0.05, 0) is 37.0 Å². The standard InChI is InChI=1S/C16H18F3NO4/c17-16(18,19)9-24-13-5-1-10(2-6-13)8-20-14(21)11-3-4-12(7-11)15(22)23/h1-2,5-6,11-12H,3-4,7-9H2,(H,20,21)(H,22,23)/t11-,12+/m0/s1. The van der Waals surface area contributed by atoms with Crippen molar-refractivity contribution in [2.45, 2.75) is 32.0 Å². The first-order chi connectivity index (χ1) is 11.2. The van der Waals surface area contributed by atoms with Crippen LogP contribution in [0.2, 0.25) is 0 Å². The van der Waals surface area contributed by atoms with Gasteiger partial charge in [-0.25, -0.2) is 0 Å². The number of halogens is 3. The normalized spacial score (nSPS) is 20.6. The molecule has 5 nitrogen and oxygen atoms in total. The van der Waals surface area contributed by atoms with Crippen LogP contribution in [0.15, 0.2) is 24.3 Å². The number of carboxylic acid groups (broad SMARTS) is 1. The molecule has 1 saturated carbocycles. The Hall–Kier alpha value is -2.25. The van der Waals surface area contributed by atoms with Gasteiger partial charge in [-0.15, -0.1) is 0 Å². The van der Waals surface area contributed by atoms with Gasteiger partial charge in [0, 0.05) is 12.5 Å². The molecule has 0 aliphatic heterocycles. The summed E-state index contributed by atoms with van der Waals surface area (Å²) in [5.41, 5.74) is 0.718. The summed E-state index contributed by atoms with van der Waals surface area (Å²) in [5.74, 6) is -1.75. The minimum absolute atomic E-state index is 0.0995. The number of hydrogen-bond acceptors (Lipinski definition) is 3. The molecule has 1 aliphatic rings. The third kappa shape index (κ3) is 5.43. The van der Waals surface area contributed by atoms with E-state index in [2.05, 4.69) is 10.1 Å². The van der Waals surface area contributed by atoms with Crippen LogP contribution >= 0.6 is 0 Å². The van der Waals surface area contributed by atoms with E-state index in [1.165, 1.54) is 12.1 Å². The van der Waals surface area contributed by atoms with Gasteiger partial charge >= 0.3 is 12.1 Å². The van der Waals surface area contributed by atoms with Gasteiger partial charge in [0.1, 0.15) is 5.75 Å². The number of benzene rings is 1. The fraction of sp³-hybridized carbons (Fsp3) is 0.500. The Balaban J connectivity index is 1.78. The van der Waals surface area contributed by atoms with E-state index >= 15 is 0 Å². The zero-order valence-corrected chi connectivity index (χ0v) is 12.8. The van der Waals surface area contributed by atoms with Gasteiger partial charge < -0.3 is 15.2 Å². The van der Waals surface area contributed by atoms with Gasteiger partial charge in [-0.3, -0.25) is 9.59 Å². The van der Waals surface area contributed by atoms with Crippen LogP contribution in [0, 0.1) is 11.8 Å². The summed E-state index contributed by atoms with van der Waals surface area (Å²) in [4.78, 5) is 22.9. The predicted octanol–water partition coefficient (Wildman–Crippen LogP) is 2.74. The number of carbonyl (C=O) groups excluding carboxylic acids is 1. The van der Waals surface area contributed by atoms with Crippen LogP contribution in [0.1, 0.15) is 24.8 Å². The first-order valence-electron chi connectivity index (χ1n) is 7.53. The molecule has 1 aromatic carbocycles. The predicted molar refractivity (Wildman–Crippen MR) is 78.3 cm³/mol. The first-order valence-corrected chi connectivity index (χ1v) is 7.53. The highest BCUT2D eigenvalue weighted by Gasteiger charge is 2.33. The number of carboxylic acids is 1. The average molecular weight is 345 g/mol. The van der Waals surface area contributed by atoms with Crippen LogP contribution in [0.4, 0.5) is 13.2 Å². The summed E-state index contributed by atoms with van der Waals surface area (Å²) in [6.07, 6.45) is -3.00. The van der Waals surface area contributed by atoms with Crippen LogP contribution in [0.3, 0.4) is 0 Å². The second-order valence-electron chi connectivity index (χ2n) is 5.81. The van der Waals surface area contributed by atoms with Crippen LogP contribution in [-0.4, -0.2) is 29.8 Å². The van der Waals surface area contributed by atoms with E-state index in [1.54, 1.807) is 12.1 Å². The van der Waals surface area contributed by atoms with Crippen molar-refractivity contribution in [3.05, 3.63) is 29.8 Å². The molecule has 1 aliphatic carbocycles. The number of rotatable bonds is 6. The molecule has 2 N–H and O–H groups in total. The molecule has 2 rings (SSSR count). The summed E-state index contributed by atoms with van der Waals surface area (Å²) in [5, 5.41) is 11.7. The molecule has 8 heteroatoms. The molecular weight excluding hydrogens is 327 g/mol. The Morgan fingerprint density at radius 3 is 2.33 bits per heavy atom. The lowest BCUT2D eigenvalue weighted by atomic mass is 10.0. The Labute approximate surface area is 136 Å². The van der Waals surface area contributed by atoms with Crippen molar-refractivity contribution in [1.82, 2.24) is 5.32 Å². The fourth-order valence-electron chi connectivity index (χ4n) is 2.65. The number of amides is 1. The third-order valence-corrected chi connectivity index (χ3v) is 3.95. The molecule has 1 aromatic rings. The summed E-state index contributed by atoms with van der Waals surface area (Å²) in [6, 6.07) is 5.95. The van der Waals surface area contributed by atoms with E-state index in [4.69, 9.17) is 5.11 Å². The van der Waals surface area contributed by atoms with E-state index in [9.17, 15) is 22.8 Å². The lowest BCUT2D eigenvalue weighted by Gasteiger charge is -2.12. The number of ether oxygens (including phenoxy) is 1. The van der Waals surface area contributed by atoms with E-state index in [1.807, 2.05) is 0 Å². The van der Waals surface area contributed by atoms with Gasteiger partial charge in [-0.2, -0.15) is 13.2 Å². The van der Waals surface area contributed by atoms with Crippen molar-refractivity contribution < 1.29 is 32.6 Å². The fourth-order valence-corrected chi connectivity index (χ4v) is 2.65. The maximum Gasteiger partial charge on any atom is 0.422 e. The van der Waals surface area contributed by atoms with Gasteiger partial charge in [-0.1, -0.05) is 12.1 Å². The second-order valence-corrected chi connectivity index (χ2v) is 5.81. The number of hydrogen-bond donors (Lipinski definition) is 2. The maximum atomic E-state index is 12.0. The number of alkyl halides is 3. The van der Waals surface area contributed by atoms with Crippen molar-refractivity contribution in [2.24, 2.45) is 11.8 Å². The van der Waals surface area contributed by atoms with Crippen LogP contribution in [-0.2, 0) is 16.1 Å². The molecule has 0 saturated heterocycles. The molecule has 24 heavy (non-hydrogen) atoms. The maximum absolute atomic E-state index is 12.0. The van der Waals surface area contributed by atoms with Crippen LogP contribution < -0.4 is 10.1 Å². The molecule has 0 heterocycles. The molecular formula is C16H18F3NO4. The molecule has 1 amide bonds. The second kappa shape index (κ2) is 7.55. The molecule has 0 spiro atoms. The Morgan fingerprint density at radius 2 is 1.79 bits per heavy atom. The summed E-state index contributed by atoms with van der Waals surface area (Å²) < 4.78 is 40.7. The minimum Gasteiger partial charge on any atom is -0.484 e. The van der Waals surface area contributed by atoms with Crippen LogP contribution in [0.5, 0.6) is 5.75 Å². The van der Waals surface area contributed by atoms with E-state index in [0.29, 0.717) is 19.3 Å². The highest BCUT2D eigenvalue weighted by atomic mass is 19.4. The monoisotopic (exact) mass is 345 g/mol. The van der Waals surface area contributed by atoms with Crippen molar-refractivity contribution in [3.63, 3.8) is 0 Å². The highest BCUT2D eigenvalue weighted by molar-refractivity contribution is 5.80. The van der Waals surface area contributed by atoms with Gasteiger partial charge in [0.2, 0.25) is 5.91 Å². The lowest BCUT2D eigenvalue weighted by Crippen LogP contribution is -2.29. The average Bonchev–Trinajstić information content (AvgIpc) is 3.01. The van der Waals surface area contributed by atoms with Crippen molar-refractivity contribution in [3.8, 4) is 5.75 Å². The molecule has 132 valence electrons. The van der Waals surface area contributed by atoms with E-state index < -0.39 is 24.7 Å². The zero-order valence-electron chi connectivity index (χ0n) is 12.8. The Kier molecular flexibility index (Phi) is 5.69. The number of aliphatic carboxylic acids is 1. The SMILES string of the molecule is O=C(O)[C@@H]1CC[C@H](C(=O)NCc2ccc(OCC(F)(F)F)cc2)C1. The van der Waals surface area contributed by atoms with Crippen molar-refractivity contribution in [2.75, 3.05) is 6.61 Å². The summed E-state index contributed by atoms with van der Waals surface area (Å²) >= 11 is 0. The zero-order chi connectivity index (χ0) is 17.7. The highest BCUT2D eigenvalue weighted by Crippen LogP contribution is 2.31. The van der Waals surface area contributed by atoms with Crippen molar-refractivity contribution in [1.29, 1.82) is 0 Å². The molecule has 2 atom stereocenters. The van der Waals surface area contributed by atoms with E-state index in [0.717, 1.165) is 5.56 Å². The lowest BCUT2D eigenvalue weighted by molar-refractivity contribution is -0.153. The summed E-state index contributed by atoms with van der Waals surface area (Å²) in [6.45, 7) is -1.12. The third-order valence-electron chi connectivity index (χ3n) is 3.95. The van der Waals surface area contributed by atoms with Gasteiger partial charge in [0.15, 0.2) is 6.61 Å². The smallest absolute Gasteiger partial charge is 0.422 e. The van der Waals surface area contributed by atoms with Gasteiger partial charge in [0.05, 0.1) is 5.92 Å². The number of nitrogens with one attached hydrogen (secondary N) is 1. The quantitative estimate of drug-likeness (QED) is 0.831. The van der Waals surface area contributed by atoms with Gasteiger partial charge in [0.25, 0.3) is 0 Å². The Morgan fingerprint density at radius 1 is 1.17 bits per heavy atom. The topological polar surface area (TPSA) is 75.6 Å². The minimum atomic E-state index is -4.39. The molecule has 0 radical (unpaired) electrons. The van der Waals surface area contributed by atoms with Crippen LogP contribution in [0.25, 0.3) is 0 Å². The molecule has 0 bridgehead atoms. The largest absolute Gasteiger partial charge is 0.484 e.